The molecule has 5 heteroatoms. The molecule has 0 nitrogen and oxygen atoms in total. The number of hydrogen-bond acceptors (Lipinski definition) is 0. The van der Waals surface area contributed by atoms with Gasteiger partial charge in [-0.15, -0.1) is 0 Å². The van der Waals surface area contributed by atoms with Crippen LogP contribution >= 0.6 is 0 Å². The number of rotatable bonds is 8. The summed E-state index contributed by atoms with van der Waals surface area (Å²) in [7, 11) is 0. The van der Waals surface area contributed by atoms with Crippen molar-refractivity contribution < 1.29 is 22.0 Å². The highest BCUT2D eigenvalue weighted by molar-refractivity contribution is 5.65. The van der Waals surface area contributed by atoms with Crippen molar-refractivity contribution in [1.82, 2.24) is 0 Å². The summed E-state index contributed by atoms with van der Waals surface area (Å²) >= 11 is 0. The summed E-state index contributed by atoms with van der Waals surface area (Å²) in [5, 5.41) is 0. The maximum Gasteiger partial charge on any atom is 0.194 e. The molecule has 2 aromatic carbocycles. The monoisotopic (exact) mass is 438 g/mol. The van der Waals surface area contributed by atoms with Crippen LogP contribution in [-0.2, 0) is 6.42 Å². The first kappa shape index (κ1) is 23.7. The summed E-state index contributed by atoms with van der Waals surface area (Å²) in [4.78, 5) is 0. The first-order valence-electron chi connectivity index (χ1n) is 11.4. The zero-order chi connectivity index (χ0) is 22.5. The largest absolute Gasteiger partial charge is 0.206 e. The van der Waals surface area contributed by atoms with Crippen molar-refractivity contribution in [2.75, 3.05) is 0 Å². The first-order chi connectivity index (χ1) is 14.8. The van der Waals surface area contributed by atoms with Crippen molar-refractivity contribution in [2.24, 2.45) is 17.8 Å². The lowest BCUT2D eigenvalue weighted by Crippen LogP contribution is -2.21. The number of unbranched alkanes of at least 4 members (excludes halogenated alkanes) is 2. The second-order valence-corrected chi connectivity index (χ2v) is 9.15. The molecule has 0 amide bonds. The van der Waals surface area contributed by atoms with E-state index in [1.807, 2.05) is 0 Å². The Labute approximate surface area is 181 Å². The molecular formula is C26H31F5. The maximum absolute atomic E-state index is 14.7. The molecule has 0 aliphatic heterocycles. The van der Waals surface area contributed by atoms with E-state index in [4.69, 9.17) is 0 Å². The van der Waals surface area contributed by atoms with Gasteiger partial charge in [0.05, 0.1) is 5.56 Å². The quantitative estimate of drug-likeness (QED) is 0.220. The minimum atomic E-state index is -1.66. The summed E-state index contributed by atoms with van der Waals surface area (Å²) in [6, 6.07) is 3.68. The summed E-state index contributed by atoms with van der Waals surface area (Å²) in [5.41, 5.74) is -0.367. The third-order valence-electron chi connectivity index (χ3n) is 6.84. The number of benzene rings is 2. The predicted molar refractivity (Wildman–Crippen MR) is 114 cm³/mol. The zero-order valence-corrected chi connectivity index (χ0v) is 18.3. The number of hydrogen-bond donors (Lipinski definition) is 0. The van der Waals surface area contributed by atoms with Crippen molar-refractivity contribution in [3.63, 3.8) is 0 Å². The molecule has 1 unspecified atom stereocenters. The summed E-state index contributed by atoms with van der Waals surface area (Å²) < 4.78 is 69.5. The van der Waals surface area contributed by atoms with Gasteiger partial charge in [-0.1, -0.05) is 52.4 Å². The smallest absolute Gasteiger partial charge is 0.194 e. The van der Waals surface area contributed by atoms with E-state index in [-0.39, 0.29) is 5.56 Å². The molecule has 0 bridgehead atoms. The molecule has 2 aromatic rings. The highest BCUT2D eigenvalue weighted by Gasteiger charge is 2.26. The van der Waals surface area contributed by atoms with Crippen LogP contribution in [0.3, 0.4) is 0 Å². The molecule has 170 valence electrons. The SMILES string of the molecule is CCCCCC1CCC(C(C)Cc2cc(F)c(-c3cc(F)c(F)c(F)c3)c(F)c2)CC1. The van der Waals surface area contributed by atoms with Gasteiger partial charge in [-0.2, -0.15) is 0 Å². The summed E-state index contributed by atoms with van der Waals surface area (Å²) in [6.45, 7) is 4.34. The molecule has 0 spiro atoms. The fraction of sp³-hybridized carbons (Fsp3) is 0.538. The van der Waals surface area contributed by atoms with Gasteiger partial charge in [-0.05, 0) is 72.4 Å². The first-order valence-corrected chi connectivity index (χ1v) is 11.4. The van der Waals surface area contributed by atoms with Crippen LogP contribution in [-0.4, -0.2) is 0 Å². The molecule has 0 N–H and O–H groups in total. The molecule has 3 rings (SSSR count). The molecule has 1 saturated carbocycles. The van der Waals surface area contributed by atoms with E-state index >= 15 is 0 Å². The predicted octanol–water partition coefficient (Wildman–Crippen LogP) is 8.61. The summed E-state index contributed by atoms with van der Waals surface area (Å²) in [6.07, 6.45) is 10.4. The molecule has 31 heavy (non-hydrogen) atoms. The van der Waals surface area contributed by atoms with Gasteiger partial charge in [0.25, 0.3) is 0 Å². The van der Waals surface area contributed by atoms with Gasteiger partial charge in [0.1, 0.15) is 11.6 Å². The van der Waals surface area contributed by atoms with Gasteiger partial charge in [-0.25, -0.2) is 22.0 Å². The van der Waals surface area contributed by atoms with Crippen LogP contribution in [0.2, 0.25) is 0 Å². The van der Waals surface area contributed by atoms with Crippen molar-refractivity contribution in [1.29, 1.82) is 0 Å². The second-order valence-electron chi connectivity index (χ2n) is 9.15. The standard InChI is InChI=1S/C26H31F5/c1-3-4-5-6-17-7-9-19(10-8-17)16(2)11-18-12-21(27)25(22(28)13-18)20-14-23(29)26(31)24(30)15-20/h12-17,19H,3-11H2,1-2H3. The van der Waals surface area contributed by atoms with Crippen molar-refractivity contribution >= 4 is 0 Å². The van der Waals surface area contributed by atoms with E-state index in [1.54, 1.807) is 0 Å². The fourth-order valence-electron chi connectivity index (χ4n) is 4.99. The zero-order valence-electron chi connectivity index (χ0n) is 18.3. The third kappa shape index (κ3) is 5.87. The molecule has 1 aliphatic rings. The van der Waals surface area contributed by atoms with E-state index < -0.39 is 34.6 Å². The lowest BCUT2D eigenvalue weighted by molar-refractivity contribution is 0.204. The van der Waals surface area contributed by atoms with E-state index in [1.165, 1.54) is 50.7 Å². The Kier molecular flexibility index (Phi) is 8.12. The minimum Gasteiger partial charge on any atom is -0.206 e. The second kappa shape index (κ2) is 10.6. The Hall–Kier alpha value is -1.91. The highest BCUT2D eigenvalue weighted by Crippen LogP contribution is 2.37. The van der Waals surface area contributed by atoms with Crippen LogP contribution in [0.5, 0.6) is 0 Å². The Balaban J connectivity index is 1.66. The van der Waals surface area contributed by atoms with Crippen LogP contribution in [0, 0.1) is 46.8 Å². The topological polar surface area (TPSA) is 0 Å². The molecule has 1 aliphatic carbocycles. The number of halogens is 5. The van der Waals surface area contributed by atoms with Crippen LogP contribution in [0.25, 0.3) is 11.1 Å². The highest BCUT2D eigenvalue weighted by atomic mass is 19.2. The van der Waals surface area contributed by atoms with Crippen molar-refractivity contribution in [2.45, 2.75) is 71.6 Å². The lowest BCUT2D eigenvalue weighted by Gasteiger charge is -2.32. The van der Waals surface area contributed by atoms with Gasteiger partial charge in [0.15, 0.2) is 17.5 Å². The molecule has 0 radical (unpaired) electrons. The fourth-order valence-corrected chi connectivity index (χ4v) is 4.99. The van der Waals surface area contributed by atoms with Gasteiger partial charge < -0.3 is 0 Å². The van der Waals surface area contributed by atoms with E-state index in [0.29, 0.717) is 36.0 Å². The molecule has 1 atom stereocenters. The Morgan fingerprint density at radius 2 is 1.39 bits per heavy atom. The van der Waals surface area contributed by atoms with Gasteiger partial charge in [-0.3, -0.25) is 0 Å². The molecule has 0 aromatic heterocycles. The molecule has 0 saturated heterocycles. The van der Waals surface area contributed by atoms with E-state index in [9.17, 15) is 22.0 Å². The maximum atomic E-state index is 14.7. The van der Waals surface area contributed by atoms with Crippen LogP contribution in [0.1, 0.15) is 70.8 Å². The summed E-state index contributed by atoms with van der Waals surface area (Å²) in [5.74, 6) is -4.76. The molecule has 1 fully saturated rings. The average Bonchev–Trinajstić information content (AvgIpc) is 2.72. The Morgan fingerprint density at radius 1 is 0.806 bits per heavy atom. The van der Waals surface area contributed by atoms with E-state index in [0.717, 1.165) is 18.8 Å². The van der Waals surface area contributed by atoms with Crippen LogP contribution < -0.4 is 0 Å². The third-order valence-corrected chi connectivity index (χ3v) is 6.84. The van der Waals surface area contributed by atoms with Gasteiger partial charge >= 0.3 is 0 Å². The van der Waals surface area contributed by atoms with Gasteiger partial charge in [0, 0.05) is 0 Å². The van der Waals surface area contributed by atoms with Crippen LogP contribution in [0.15, 0.2) is 24.3 Å². The van der Waals surface area contributed by atoms with Crippen LogP contribution in [0.4, 0.5) is 22.0 Å². The normalized spacial score (nSPS) is 20.1. The Morgan fingerprint density at radius 3 is 1.94 bits per heavy atom. The van der Waals surface area contributed by atoms with Crippen molar-refractivity contribution in [3.05, 3.63) is 58.9 Å². The van der Waals surface area contributed by atoms with Gasteiger partial charge in [0.2, 0.25) is 0 Å². The molecular weight excluding hydrogens is 407 g/mol. The minimum absolute atomic E-state index is 0.293. The lowest BCUT2D eigenvalue weighted by atomic mass is 9.73. The Bertz CT molecular complexity index is 837. The average molecular weight is 439 g/mol. The van der Waals surface area contributed by atoms with Crippen molar-refractivity contribution in [3.8, 4) is 11.1 Å². The molecule has 0 heterocycles. The van der Waals surface area contributed by atoms with E-state index in [2.05, 4.69) is 13.8 Å².